The Morgan fingerprint density at radius 2 is 1.14 bits per heavy atom. The van der Waals surface area contributed by atoms with Crippen molar-refractivity contribution in [1.29, 1.82) is 0 Å². The third-order valence-electron chi connectivity index (χ3n) is 10.6. The number of unbranched alkanes of at least 4 members (excludes halogenated alkanes) is 2. The first-order valence-corrected chi connectivity index (χ1v) is 19.3. The quantitative estimate of drug-likeness (QED) is 0.0913. The van der Waals surface area contributed by atoms with Crippen LogP contribution in [0.2, 0.25) is 0 Å². The molecule has 2 heteroatoms. The van der Waals surface area contributed by atoms with Crippen LogP contribution in [0.25, 0.3) is 0 Å². The summed E-state index contributed by atoms with van der Waals surface area (Å²) in [6, 6.07) is 35.9. The van der Waals surface area contributed by atoms with E-state index in [4.69, 9.17) is 0 Å². The molecule has 1 aliphatic rings. The highest BCUT2D eigenvalue weighted by Gasteiger charge is 2.32. The SMILES string of the molecule is C/C=C\C(=C/CCN(c1ccc(C)cc1)c1ccc(C)cc1)C(C)(CCCCC)C1=CC=C(N(c2ccc(C)cc2)c2ccc(C)cc2)CCC1. The number of anilines is 4. The second-order valence-corrected chi connectivity index (χ2v) is 14.8. The van der Waals surface area contributed by atoms with Crippen molar-refractivity contribution in [2.24, 2.45) is 5.41 Å². The van der Waals surface area contributed by atoms with Crippen LogP contribution in [0.1, 0.15) is 94.4 Å². The minimum Gasteiger partial charge on any atom is -0.341 e. The van der Waals surface area contributed by atoms with Crippen molar-refractivity contribution >= 4 is 22.7 Å². The summed E-state index contributed by atoms with van der Waals surface area (Å²) in [6.45, 7) is 16.6. The molecule has 0 amide bonds. The first kappa shape index (κ1) is 37.7. The molecule has 0 aromatic heterocycles. The summed E-state index contributed by atoms with van der Waals surface area (Å²) in [4.78, 5) is 4.95. The lowest BCUT2D eigenvalue weighted by Gasteiger charge is -2.35. The van der Waals surface area contributed by atoms with Gasteiger partial charge in [-0.1, -0.05) is 134 Å². The third kappa shape index (κ3) is 9.82. The highest BCUT2D eigenvalue weighted by atomic mass is 15.1. The molecule has 0 radical (unpaired) electrons. The molecule has 51 heavy (non-hydrogen) atoms. The molecule has 4 aromatic rings. The van der Waals surface area contributed by atoms with Crippen molar-refractivity contribution < 1.29 is 0 Å². The molecular weight excluding hydrogens is 617 g/mol. The monoisotopic (exact) mass is 676 g/mol. The lowest BCUT2D eigenvalue weighted by atomic mass is 9.69. The summed E-state index contributed by atoms with van der Waals surface area (Å²) < 4.78 is 0. The van der Waals surface area contributed by atoms with Crippen LogP contribution in [0.15, 0.2) is 144 Å². The molecule has 266 valence electrons. The summed E-state index contributed by atoms with van der Waals surface area (Å²) in [5.41, 5.74) is 14.4. The van der Waals surface area contributed by atoms with Gasteiger partial charge in [0, 0.05) is 40.4 Å². The highest BCUT2D eigenvalue weighted by molar-refractivity contribution is 5.69. The normalized spacial score (nSPS) is 14.8. The zero-order valence-electron chi connectivity index (χ0n) is 32.4. The molecule has 1 unspecified atom stereocenters. The third-order valence-corrected chi connectivity index (χ3v) is 10.6. The molecule has 1 aliphatic carbocycles. The number of nitrogens with zero attached hydrogens (tertiary/aromatic N) is 2. The number of hydrogen-bond acceptors (Lipinski definition) is 2. The first-order chi connectivity index (χ1) is 24.7. The number of rotatable bonds is 15. The molecule has 1 atom stereocenters. The molecule has 0 saturated heterocycles. The summed E-state index contributed by atoms with van der Waals surface area (Å²) in [6.07, 6.45) is 21.2. The van der Waals surface area contributed by atoms with E-state index < -0.39 is 0 Å². The standard InChI is InChI=1S/C49H60N2/c1-8-10-11-36-49(7,42(14-9-2)16-13-37-50(44-27-18-38(3)19-28-44)45-29-20-39(4)21-30-45)43-15-12-17-46(35-26-43)51(47-31-22-40(5)23-32-47)48-33-24-41(6)25-34-48/h9,14,16,18-35H,8,10-13,15,17,36-37H2,1-7H3/b14-9-,42-16+. The number of aryl methyl sites for hydroxylation is 4. The van der Waals surface area contributed by atoms with Crippen LogP contribution in [-0.2, 0) is 0 Å². The molecule has 0 N–H and O–H groups in total. The fraction of sp³-hybridized carbons (Fsp3) is 0.347. The first-order valence-electron chi connectivity index (χ1n) is 19.3. The second kappa shape index (κ2) is 18.1. The predicted octanol–water partition coefficient (Wildman–Crippen LogP) is 14.4. The topological polar surface area (TPSA) is 6.48 Å². The van der Waals surface area contributed by atoms with Crippen LogP contribution in [0.3, 0.4) is 0 Å². The van der Waals surface area contributed by atoms with Crippen LogP contribution in [0.4, 0.5) is 22.7 Å². The van der Waals surface area contributed by atoms with E-state index in [0.717, 1.165) is 38.6 Å². The van der Waals surface area contributed by atoms with E-state index in [9.17, 15) is 0 Å². The summed E-state index contributed by atoms with van der Waals surface area (Å²) in [5.74, 6) is 0. The van der Waals surface area contributed by atoms with Gasteiger partial charge in [-0.25, -0.2) is 0 Å². The van der Waals surface area contributed by atoms with Gasteiger partial charge in [0.25, 0.3) is 0 Å². The average molecular weight is 677 g/mol. The molecule has 4 aromatic carbocycles. The Hall–Kier alpha value is -4.56. The van der Waals surface area contributed by atoms with Gasteiger partial charge in [-0.05, 0) is 127 Å². The smallest absolute Gasteiger partial charge is 0.0458 e. The molecule has 0 fully saturated rings. The van der Waals surface area contributed by atoms with Crippen molar-refractivity contribution in [2.75, 3.05) is 16.3 Å². The lowest BCUT2D eigenvalue weighted by molar-refractivity contribution is 0.406. The number of hydrogen-bond donors (Lipinski definition) is 0. The van der Waals surface area contributed by atoms with Crippen LogP contribution in [-0.4, -0.2) is 6.54 Å². The minimum atomic E-state index is -0.0370. The van der Waals surface area contributed by atoms with Gasteiger partial charge in [0.1, 0.15) is 0 Å². The van der Waals surface area contributed by atoms with E-state index >= 15 is 0 Å². The van der Waals surface area contributed by atoms with Crippen molar-refractivity contribution in [3.05, 3.63) is 167 Å². The van der Waals surface area contributed by atoms with Crippen molar-refractivity contribution in [2.45, 2.75) is 99.8 Å². The Morgan fingerprint density at radius 3 is 1.61 bits per heavy atom. The maximum atomic E-state index is 2.54. The van der Waals surface area contributed by atoms with E-state index in [1.165, 1.54) is 75.5 Å². The summed E-state index contributed by atoms with van der Waals surface area (Å²) in [5, 5.41) is 0. The second-order valence-electron chi connectivity index (χ2n) is 14.8. The van der Waals surface area contributed by atoms with Crippen LogP contribution in [0, 0.1) is 33.1 Å². The Bertz CT molecular complexity index is 1710. The minimum absolute atomic E-state index is 0.0370. The van der Waals surface area contributed by atoms with Gasteiger partial charge in [0.2, 0.25) is 0 Å². The van der Waals surface area contributed by atoms with Crippen LogP contribution in [0.5, 0.6) is 0 Å². The van der Waals surface area contributed by atoms with Crippen LogP contribution < -0.4 is 9.80 Å². The summed E-state index contributed by atoms with van der Waals surface area (Å²) in [7, 11) is 0. The van der Waals surface area contributed by atoms with Gasteiger partial charge in [0.15, 0.2) is 0 Å². The van der Waals surface area contributed by atoms with Gasteiger partial charge in [-0.2, -0.15) is 0 Å². The van der Waals surface area contributed by atoms with E-state index in [-0.39, 0.29) is 5.41 Å². The Labute approximate surface area is 309 Å². The highest BCUT2D eigenvalue weighted by Crippen LogP contribution is 2.45. The Morgan fingerprint density at radius 1 is 0.647 bits per heavy atom. The number of allylic oxidation sites excluding steroid dienone is 7. The molecule has 0 heterocycles. The van der Waals surface area contributed by atoms with Gasteiger partial charge in [-0.15, -0.1) is 0 Å². The molecule has 0 bridgehead atoms. The van der Waals surface area contributed by atoms with Gasteiger partial charge in [0.05, 0.1) is 0 Å². The molecule has 0 spiro atoms. The maximum Gasteiger partial charge on any atom is 0.0458 e. The average Bonchev–Trinajstić information content (AvgIpc) is 3.39. The predicted molar refractivity (Wildman–Crippen MR) is 224 cm³/mol. The van der Waals surface area contributed by atoms with Gasteiger partial charge < -0.3 is 9.80 Å². The van der Waals surface area contributed by atoms with Crippen molar-refractivity contribution in [3.8, 4) is 0 Å². The van der Waals surface area contributed by atoms with E-state index in [0.29, 0.717) is 0 Å². The maximum absolute atomic E-state index is 2.54. The molecule has 5 rings (SSSR count). The Kier molecular flexibility index (Phi) is 13.4. The fourth-order valence-electron chi connectivity index (χ4n) is 7.42. The van der Waals surface area contributed by atoms with E-state index in [1.54, 1.807) is 5.57 Å². The fourth-order valence-corrected chi connectivity index (χ4v) is 7.42. The van der Waals surface area contributed by atoms with Crippen molar-refractivity contribution in [3.63, 3.8) is 0 Å². The van der Waals surface area contributed by atoms with Crippen LogP contribution >= 0.6 is 0 Å². The molecule has 2 nitrogen and oxygen atoms in total. The number of benzene rings is 4. The zero-order valence-corrected chi connectivity index (χ0v) is 32.4. The summed E-state index contributed by atoms with van der Waals surface area (Å²) >= 11 is 0. The van der Waals surface area contributed by atoms with Gasteiger partial charge >= 0.3 is 0 Å². The lowest BCUT2D eigenvalue weighted by Crippen LogP contribution is -2.23. The molecular formula is C49H60N2. The Balaban J connectivity index is 1.50. The molecule has 0 saturated carbocycles. The largest absolute Gasteiger partial charge is 0.341 e. The van der Waals surface area contributed by atoms with Gasteiger partial charge in [-0.3, -0.25) is 0 Å². The zero-order chi connectivity index (χ0) is 36.2. The van der Waals surface area contributed by atoms with E-state index in [1.807, 2.05) is 0 Å². The molecule has 0 aliphatic heterocycles. The van der Waals surface area contributed by atoms with Crippen molar-refractivity contribution in [1.82, 2.24) is 0 Å². The van der Waals surface area contributed by atoms with E-state index in [2.05, 4.69) is 186 Å².